The summed E-state index contributed by atoms with van der Waals surface area (Å²) in [6.45, 7) is 2.06. The van der Waals surface area contributed by atoms with Crippen LogP contribution in [0.4, 0.5) is 0 Å². The summed E-state index contributed by atoms with van der Waals surface area (Å²) in [7, 11) is 0. The molecular formula is C24H17N7. The molecule has 0 saturated carbocycles. The summed E-state index contributed by atoms with van der Waals surface area (Å²) < 4.78 is 0. The molecule has 0 radical (unpaired) electrons. The number of H-pyrrole nitrogens is 2. The van der Waals surface area contributed by atoms with Crippen molar-refractivity contribution in [3.63, 3.8) is 0 Å². The quantitative estimate of drug-likeness (QED) is 0.437. The van der Waals surface area contributed by atoms with Gasteiger partial charge in [-0.25, -0.2) is 0 Å². The Morgan fingerprint density at radius 3 is 2.55 bits per heavy atom. The van der Waals surface area contributed by atoms with Crippen molar-refractivity contribution in [1.82, 2.24) is 35.1 Å². The molecule has 0 atom stereocenters. The zero-order valence-corrected chi connectivity index (χ0v) is 16.7. The first-order valence-electron chi connectivity index (χ1n) is 9.91. The minimum Gasteiger partial charge on any atom is -0.353 e. The van der Waals surface area contributed by atoms with E-state index in [-0.39, 0.29) is 0 Å². The second-order valence-corrected chi connectivity index (χ2v) is 7.42. The summed E-state index contributed by atoms with van der Waals surface area (Å²) in [5.74, 6) is 0. The van der Waals surface area contributed by atoms with E-state index in [0.29, 0.717) is 0 Å². The third kappa shape index (κ3) is 2.86. The lowest BCUT2D eigenvalue weighted by atomic mass is 10.1. The molecule has 148 valence electrons. The van der Waals surface area contributed by atoms with Crippen LogP contribution >= 0.6 is 0 Å². The lowest BCUT2D eigenvalue weighted by Crippen LogP contribution is -1.88. The smallest absolute Gasteiger partial charge is 0.116 e. The van der Waals surface area contributed by atoms with Gasteiger partial charge >= 0.3 is 0 Å². The van der Waals surface area contributed by atoms with Crippen LogP contribution in [-0.4, -0.2) is 35.1 Å². The van der Waals surface area contributed by atoms with E-state index in [9.17, 15) is 0 Å². The van der Waals surface area contributed by atoms with Gasteiger partial charge in [0.05, 0.1) is 28.8 Å². The van der Waals surface area contributed by atoms with Crippen LogP contribution in [0.1, 0.15) is 5.56 Å². The van der Waals surface area contributed by atoms with Crippen molar-refractivity contribution >= 4 is 21.8 Å². The van der Waals surface area contributed by atoms with E-state index in [0.717, 1.165) is 61.3 Å². The Bertz CT molecular complexity index is 1550. The normalized spacial score (nSPS) is 11.4. The van der Waals surface area contributed by atoms with Gasteiger partial charge in [-0.1, -0.05) is 0 Å². The fourth-order valence-electron chi connectivity index (χ4n) is 3.92. The molecule has 0 amide bonds. The van der Waals surface area contributed by atoms with Crippen LogP contribution in [0.25, 0.3) is 55.7 Å². The Morgan fingerprint density at radius 2 is 1.68 bits per heavy atom. The molecule has 0 saturated heterocycles. The molecule has 6 rings (SSSR count). The molecule has 2 N–H and O–H groups in total. The maximum atomic E-state index is 4.60. The van der Waals surface area contributed by atoms with Gasteiger partial charge in [0.25, 0.3) is 0 Å². The number of hydrogen-bond acceptors (Lipinski definition) is 5. The molecule has 0 aromatic carbocycles. The number of fused-ring (bicyclic) bond motifs is 2. The molecule has 31 heavy (non-hydrogen) atoms. The topological polar surface area (TPSA) is 96.0 Å². The fourth-order valence-corrected chi connectivity index (χ4v) is 3.92. The second kappa shape index (κ2) is 6.84. The Hall–Kier alpha value is -4.39. The molecule has 0 spiro atoms. The third-order valence-corrected chi connectivity index (χ3v) is 5.50. The number of aromatic amines is 2. The Morgan fingerprint density at radius 1 is 0.774 bits per heavy atom. The number of aryl methyl sites for hydroxylation is 1. The third-order valence-electron chi connectivity index (χ3n) is 5.50. The lowest BCUT2D eigenvalue weighted by Gasteiger charge is -2.04. The van der Waals surface area contributed by atoms with Crippen molar-refractivity contribution in [3.05, 3.63) is 79.1 Å². The standard InChI is InChI=1S/C24H17N7/c1-14-4-7-26-12-18(14)20-9-17-22(13-28-20)30-31-24(17)21-10-16-19(29-21)5-8-27-23(16)15-3-2-6-25-11-15/h2-13,29H,1H3,(H,30,31). The summed E-state index contributed by atoms with van der Waals surface area (Å²) in [6, 6.07) is 12.0. The Labute approximate surface area is 177 Å². The van der Waals surface area contributed by atoms with E-state index in [1.807, 2.05) is 42.9 Å². The molecule has 6 aromatic rings. The van der Waals surface area contributed by atoms with Crippen LogP contribution in [0.5, 0.6) is 0 Å². The van der Waals surface area contributed by atoms with Crippen LogP contribution in [-0.2, 0) is 0 Å². The largest absolute Gasteiger partial charge is 0.353 e. The van der Waals surface area contributed by atoms with E-state index >= 15 is 0 Å². The van der Waals surface area contributed by atoms with Gasteiger partial charge in [0, 0.05) is 58.4 Å². The summed E-state index contributed by atoms with van der Waals surface area (Å²) >= 11 is 0. The molecule has 0 fully saturated rings. The number of hydrogen-bond donors (Lipinski definition) is 2. The van der Waals surface area contributed by atoms with Gasteiger partial charge in [-0.2, -0.15) is 5.10 Å². The summed E-state index contributed by atoms with van der Waals surface area (Å²) in [4.78, 5) is 21.2. The molecule has 0 aliphatic carbocycles. The van der Waals surface area contributed by atoms with Crippen molar-refractivity contribution in [1.29, 1.82) is 0 Å². The number of pyridine rings is 4. The zero-order chi connectivity index (χ0) is 20.8. The monoisotopic (exact) mass is 403 g/mol. The predicted molar refractivity (Wildman–Crippen MR) is 120 cm³/mol. The lowest BCUT2D eigenvalue weighted by molar-refractivity contribution is 1.11. The average Bonchev–Trinajstić information content (AvgIpc) is 3.43. The van der Waals surface area contributed by atoms with Crippen LogP contribution in [0.15, 0.2) is 73.6 Å². The number of rotatable bonds is 3. The number of aromatic nitrogens is 7. The predicted octanol–water partition coefficient (Wildman–Crippen LogP) is 4.93. The molecule has 7 nitrogen and oxygen atoms in total. The van der Waals surface area contributed by atoms with Gasteiger partial charge in [-0.05, 0) is 48.9 Å². The summed E-state index contributed by atoms with van der Waals surface area (Å²) in [5.41, 5.74) is 8.51. The second-order valence-electron chi connectivity index (χ2n) is 7.42. The molecule has 6 aromatic heterocycles. The van der Waals surface area contributed by atoms with Gasteiger partial charge < -0.3 is 4.98 Å². The van der Waals surface area contributed by atoms with E-state index < -0.39 is 0 Å². The van der Waals surface area contributed by atoms with Crippen LogP contribution in [0.3, 0.4) is 0 Å². The van der Waals surface area contributed by atoms with Crippen LogP contribution in [0, 0.1) is 6.92 Å². The first-order chi connectivity index (χ1) is 15.3. The van der Waals surface area contributed by atoms with E-state index in [1.54, 1.807) is 18.6 Å². The van der Waals surface area contributed by atoms with Gasteiger partial charge in [-0.15, -0.1) is 0 Å². The van der Waals surface area contributed by atoms with Crippen molar-refractivity contribution in [2.75, 3.05) is 0 Å². The van der Waals surface area contributed by atoms with Crippen molar-refractivity contribution < 1.29 is 0 Å². The number of nitrogens with one attached hydrogen (secondary N) is 2. The number of nitrogens with zero attached hydrogens (tertiary/aromatic N) is 5. The van der Waals surface area contributed by atoms with Crippen LogP contribution in [0.2, 0.25) is 0 Å². The van der Waals surface area contributed by atoms with E-state index in [2.05, 4.69) is 54.2 Å². The van der Waals surface area contributed by atoms with Crippen molar-refractivity contribution in [2.24, 2.45) is 0 Å². The maximum absolute atomic E-state index is 4.60. The Balaban J connectivity index is 1.52. The minimum absolute atomic E-state index is 0.841. The van der Waals surface area contributed by atoms with Gasteiger partial charge in [-0.3, -0.25) is 25.0 Å². The molecule has 0 aliphatic heterocycles. The van der Waals surface area contributed by atoms with E-state index in [4.69, 9.17) is 0 Å². The highest BCUT2D eigenvalue weighted by Crippen LogP contribution is 2.33. The SMILES string of the molecule is Cc1ccncc1-c1cc2c(-c3cc4c(-c5cccnc5)nccc4[nH]3)n[nH]c2cn1. The van der Waals surface area contributed by atoms with E-state index in [1.165, 1.54) is 0 Å². The molecule has 7 heteroatoms. The van der Waals surface area contributed by atoms with Gasteiger partial charge in [0.2, 0.25) is 0 Å². The van der Waals surface area contributed by atoms with Crippen LogP contribution < -0.4 is 0 Å². The highest BCUT2D eigenvalue weighted by molar-refractivity contribution is 6.00. The zero-order valence-electron chi connectivity index (χ0n) is 16.7. The van der Waals surface area contributed by atoms with Gasteiger partial charge in [0.1, 0.15) is 5.69 Å². The maximum Gasteiger partial charge on any atom is 0.116 e. The molecule has 6 heterocycles. The molecule has 0 aliphatic rings. The van der Waals surface area contributed by atoms with Crippen molar-refractivity contribution in [3.8, 4) is 33.9 Å². The average molecular weight is 403 g/mol. The van der Waals surface area contributed by atoms with Gasteiger partial charge in [0.15, 0.2) is 0 Å². The fraction of sp³-hybridized carbons (Fsp3) is 0.0417. The molecular weight excluding hydrogens is 386 g/mol. The minimum atomic E-state index is 0.841. The highest BCUT2D eigenvalue weighted by Gasteiger charge is 2.15. The molecule has 0 unspecified atom stereocenters. The first-order valence-corrected chi connectivity index (χ1v) is 9.91. The first kappa shape index (κ1) is 17.5. The molecule has 0 bridgehead atoms. The highest BCUT2D eigenvalue weighted by atomic mass is 15.1. The van der Waals surface area contributed by atoms with Crippen molar-refractivity contribution in [2.45, 2.75) is 6.92 Å². The summed E-state index contributed by atoms with van der Waals surface area (Å²) in [5, 5.41) is 9.70. The Kier molecular flexibility index (Phi) is 3.86. The summed E-state index contributed by atoms with van der Waals surface area (Å²) in [6.07, 6.45) is 10.8.